The Morgan fingerprint density at radius 2 is 2.04 bits per heavy atom. The summed E-state index contributed by atoms with van der Waals surface area (Å²) in [5.74, 6) is 0.802. The van der Waals surface area contributed by atoms with E-state index in [9.17, 15) is 9.59 Å². The molecule has 2 heterocycles. The van der Waals surface area contributed by atoms with Gasteiger partial charge in [-0.3, -0.25) is 9.59 Å². The number of aromatic nitrogens is 1. The summed E-state index contributed by atoms with van der Waals surface area (Å²) in [5.41, 5.74) is 1.17. The van der Waals surface area contributed by atoms with Crippen molar-refractivity contribution in [2.45, 2.75) is 39.5 Å². The molecule has 6 heteroatoms. The predicted molar refractivity (Wildman–Crippen MR) is 85.0 cm³/mol. The number of carbonyl (C=O) groups excluding carboxylic acids is 2. The van der Waals surface area contributed by atoms with Crippen LogP contribution in [-0.2, 0) is 4.79 Å². The summed E-state index contributed by atoms with van der Waals surface area (Å²) in [6, 6.07) is 0. The number of hydrogen-bond acceptors (Lipinski definition) is 4. The van der Waals surface area contributed by atoms with E-state index < -0.39 is 0 Å². The van der Waals surface area contributed by atoms with Crippen LogP contribution in [0.15, 0.2) is 4.52 Å². The fourth-order valence-electron chi connectivity index (χ4n) is 4.34. The van der Waals surface area contributed by atoms with Crippen molar-refractivity contribution in [1.29, 1.82) is 0 Å². The molecule has 0 radical (unpaired) electrons. The summed E-state index contributed by atoms with van der Waals surface area (Å²) in [4.78, 5) is 28.9. The van der Waals surface area contributed by atoms with Crippen molar-refractivity contribution in [1.82, 2.24) is 15.0 Å². The molecule has 0 unspecified atom stereocenters. The van der Waals surface area contributed by atoms with E-state index in [1.165, 1.54) is 0 Å². The number of rotatable bonds is 2. The van der Waals surface area contributed by atoms with Gasteiger partial charge < -0.3 is 14.3 Å². The average molecular weight is 319 g/mol. The molecule has 0 N–H and O–H groups in total. The Morgan fingerprint density at radius 1 is 1.30 bits per heavy atom. The van der Waals surface area contributed by atoms with Gasteiger partial charge in [0.1, 0.15) is 11.3 Å². The smallest absolute Gasteiger partial charge is 0.259 e. The molecule has 1 aromatic heterocycles. The number of likely N-dealkylation sites (tertiary alicyclic amines) is 1. The van der Waals surface area contributed by atoms with Crippen molar-refractivity contribution in [3.8, 4) is 0 Å². The van der Waals surface area contributed by atoms with E-state index in [1.54, 1.807) is 18.7 Å². The highest BCUT2D eigenvalue weighted by Crippen LogP contribution is 2.50. The Bertz CT molecular complexity index is 618. The Balaban J connectivity index is 1.80. The van der Waals surface area contributed by atoms with Gasteiger partial charge in [0.25, 0.3) is 5.91 Å². The molecule has 126 valence electrons. The molecule has 1 saturated heterocycles. The molecule has 0 bridgehead atoms. The molecule has 2 amide bonds. The lowest BCUT2D eigenvalue weighted by Gasteiger charge is -2.32. The highest BCUT2D eigenvalue weighted by Gasteiger charge is 2.51. The summed E-state index contributed by atoms with van der Waals surface area (Å²) in [6.45, 7) is 4.94. The van der Waals surface area contributed by atoms with Crippen molar-refractivity contribution < 1.29 is 14.1 Å². The topological polar surface area (TPSA) is 66.7 Å². The molecular weight excluding hydrogens is 294 g/mol. The Labute approximate surface area is 136 Å². The van der Waals surface area contributed by atoms with Gasteiger partial charge in [-0.2, -0.15) is 0 Å². The van der Waals surface area contributed by atoms with Crippen LogP contribution in [0.25, 0.3) is 0 Å². The van der Waals surface area contributed by atoms with Crippen molar-refractivity contribution in [3.05, 3.63) is 17.0 Å². The third-order valence-corrected chi connectivity index (χ3v) is 5.57. The molecule has 23 heavy (non-hydrogen) atoms. The molecule has 2 fully saturated rings. The summed E-state index contributed by atoms with van der Waals surface area (Å²) in [6.07, 6.45) is 3.94. The van der Waals surface area contributed by atoms with Crippen LogP contribution in [0.4, 0.5) is 0 Å². The van der Waals surface area contributed by atoms with Crippen LogP contribution in [0.1, 0.15) is 47.5 Å². The number of aryl methyl sites for hydroxylation is 2. The van der Waals surface area contributed by atoms with Gasteiger partial charge in [0, 0.05) is 38.5 Å². The lowest BCUT2D eigenvalue weighted by Crippen LogP contribution is -2.41. The first-order valence-electron chi connectivity index (χ1n) is 8.29. The molecule has 6 nitrogen and oxygen atoms in total. The minimum Gasteiger partial charge on any atom is -0.361 e. The molecule has 0 aromatic carbocycles. The molecule has 1 saturated carbocycles. The average Bonchev–Trinajstić information content (AvgIpc) is 3.19. The van der Waals surface area contributed by atoms with E-state index in [1.807, 2.05) is 19.0 Å². The first-order chi connectivity index (χ1) is 10.9. The normalized spacial score (nSPS) is 27.0. The number of hydrogen-bond donors (Lipinski definition) is 0. The summed E-state index contributed by atoms with van der Waals surface area (Å²) in [5, 5.41) is 3.88. The first-order valence-corrected chi connectivity index (χ1v) is 8.29. The van der Waals surface area contributed by atoms with Crippen LogP contribution in [0, 0.1) is 25.2 Å². The lowest BCUT2D eigenvalue weighted by molar-refractivity contribution is -0.136. The minimum atomic E-state index is -0.0456. The van der Waals surface area contributed by atoms with Gasteiger partial charge in [-0.25, -0.2) is 0 Å². The molecule has 1 aliphatic heterocycles. The first kappa shape index (κ1) is 16.0. The third-order valence-electron chi connectivity index (χ3n) is 5.57. The second kappa shape index (κ2) is 5.65. The third kappa shape index (κ3) is 2.54. The Hall–Kier alpha value is -1.85. The van der Waals surface area contributed by atoms with Gasteiger partial charge in [-0.05, 0) is 33.1 Å². The van der Waals surface area contributed by atoms with Crippen molar-refractivity contribution >= 4 is 11.8 Å². The summed E-state index contributed by atoms with van der Waals surface area (Å²) >= 11 is 0. The molecular formula is C17H25N3O3. The van der Waals surface area contributed by atoms with Gasteiger partial charge in [0.2, 0.25) is 5.91 Å². The van der Waals surface area contributed by atoms with Crippen LogP contribution in [0.2, 0.25) is 0 Å². The van der Waals surface area contributed by atoms with Gasteiger partial charge in [0.05, 0.1) is 5.69 Å². The van der Waals surface area contributed by atoms with E-state index in [-0.39, 0.29) is 23.1 Å². The van der Waals surface area contributed by atoms with Crippen LogP contribution < -0.4 is 0 Å². The van der Waals surface area contributed by atoms with Gasteiger partial charge in [-0.1, -0.05) is 11.6 Å². The van der Waals surface area contributed by atoms with Crippen molar-refractivity contribution in [3.63, 3.8) is 0 Å². The maximum atomic E-state index is 12.8. The summed E-state index contributed by atoms with van der Waals surface area (Å²) < 4.78 is 5.13. The van der Waals surface area contributed by atoms with E-state index in [4.69, 9.17) is 4.52 Å². The SMILES string of the molecule is Cc1noc(C)c1C(=O)N1CC[C@@]2(CCC[C@@H]2C(=O)N(C)C)C1. The number of amides is 2. The minimum absolute atomic E-state index is 0.0129. The molecule has 2 atom stereocenters. The highest BCUT2D eigenvalue weighted by molar-refractivity contribution is 5.96. The number of carbonyl (C=O) groups is 2. The summed E-state index contributed by atoms with van der Waals surface area (Å²) in [7, 11) is 3.63. The lowest BCUT2D eigenvalue weighted by atomic mass is 9.76. The zero-order chi connectivity index (χ0) is 16.8. The van der Waals surface area contributed by atoms with Gasteiger partial charge >= 0.3 is 0 Å². The number of nitrogens with zero attached hydrogens (tertiary/aromatic N) is 3. The van der Waals surface area contributed by atoms with Crippen LogP contribution >= 0.6 is 0 Å². The van der Waals surface area contributed by atoms with Crippen LogP contribution in [0.3, 0.4) is 0 Å². The van der Waals surface area contributed by atoms with Crippen LogP contribution in [0.5, 0.6) is 0 Å². The largest absolute Gasteiger partial charge is 0.361 e. The second-order valence-electron chi connectivity index (χ2n) is 7.22. The maximum absolute atomic E-state index is 12.8. The highest BCUT2D eigenvalue weighted by atomic mass is 16.5. The van der Waals surface area contributed by atoms with Gasteiger partial charge in [-0.15, -0.1) is 0 Å². The zero-order valence-corrected chi connectivity index (χ0v) is 14.4. The van der Waals surface area contributed by atoms with E-state index in [2.05, 4.69) is 5.16 Å². The van der Waals surface area contributed by atoms with Gasteiger partial charge in [0.15, 0.2) is 0 Å². The monoisotopic (exact) mass is 319 g/mol. The predicted octanol–water partition coefficient (Wildman–Crippen LogP) is 2.01. The Kier molecular flexibility index (Phi) is 3.94. The van der Waals surface area contributed by atoms with Crippen molar-refractivity contribution in [2.24, 2.45) is 11.3 Å². The quantitative estimate of drug-likeness (QED) is 0.836. The molecule has 1 aliphatic carbocycles. The molecule has 2 aliphatic rings. The van der Waals surface area contributed by atoms with Crippen LogP contribution in [-0.4, -0.2) is 54.0 Å². The van der Waals surface area contributed by atoms with E-state index >= 15 is 0 Å². The fourth-order valence-corrected chi connectivity index (χ4v) is 4.34. The fraction of sp³-hybridized carbons (Fsp3) is 0.706. The standard InChI is InChI=1S/C17H25N3O3/c1-11-14(12(2)23-18-11)16(22)20-9-8-17(10-20)7-5-6-13(17)15(21)19(3)4/h13H,5-10H2,1-4H3/t13-,17+/m1/s1. The zero-order valence-electron chi connectivity index (χ0n) is 14.4. The molecule has 1 aromatic rings. The second-order valence-corrected chi connectivity index (χ2v) is 7.22. The Morgan fingerprint density at radius 3 is 2.65 bits per heavy atom. The van der Waals surface area contributed by atoms with Crippen molar-refractivity contribution in [2.75, 3.05) is 27.2 Å². The molecule has 3 rings (SSSR count). The van der Waals surface area contributed by atoms with E-state index in [0.717, 1.165) is 25.7 Å². The maximum Gasteiger partial charge on any atom is 0.259 e. The van der Waals surface area contributed by atoms with E-state index in [0.29, 0.717) is 30.1 Å². The molecule has 1 spiro atoms.